The molecule has 16 heavy (non-hydrogen) atoms. The van der Waals surface area contributed by atoms with E-state index in [1.165, 1.54) is 0 Å². The Morgan fingerprint density at radius 1 is 1.50 bits per heavy atom. The quantitative estimate of drug-likeness (QED) is 0.784. The van der Waals surface area contributed by atoms with Crippen molar-refractivity contribution in [1.82, 2.24) is 10.5 Å². The third-order valence-electron chi connectivity index (χ3n) is 2.54. The number of aromatic nitrogens is 1. The second kappa shape index (κ2) is 4.65. The number of carbonyl (C=O) groups excluding carboxylic acids is 1. The molecule has 90 valence electrons. The molecule has 3 N–H and O–H groups in total. The van der Waals surface area contributed by atoms with E-state index in [2.05, 4.69) is 10.5 Å². The van der Waals surface area contributed by atoms with Crippen LogP contribution < -0.4 is 11.1 Å². The molecular weight excluding hydrogens is 206 g/mol. The first-order valence-electron chi connectivity index (χ1n) is 5.27. The van der Waals surface area contributed by atoms with Crippen molar-refractivity contribution in [3.8, 4) is 0 Å². The van der Waals surface area contributed by atoms with E-state index < -0.39 is 0 Å². The molecule has 1 aromatic heterocycles. The van der Waals surface area contributed by atoms with Crippen LogP contribution in [0.4, 0.5) is 0 Å². The summed E-state index contributed by atoms with van der Waals surface area (Å²) in [5.41, 5.74) is 6.77. The van der Waals surface area contributed by atoms with E-state index in [-0.39, 0.29) is 11.4 Å². The van der Waals surface area contributed by atoms with Crippen LogP contribution in [0.1, 0.15) is 37.3 Å². The summed E-state index contributed by atoms with van der Waals surface area (Å²) in [5.74, 6) is 0.496. The van der Waals surface area contributed by atoms with Gasteiger partial charge in [-0.2, -0.15) is 0 Å². The fraction of sp³-hybridized carbons (Fsp3) is 0.636. The van der Waals surface area contributed by atoms with Crippen molar-refractivity contribution in [2.75, 3.05) is 0 Å². The monoisotopic (exact) mass is 225 g/mol. The second-order valence-electron chi connectivity index (χ2n) is 4.68. The Labute approximate surface area is 95.4 Å². The SMILES string of the molecule is Cc1noc(C)c1CNC(C)(C)CC(N)=O. The van der Waals surface area contributed by atoms with Crippen LogP contribution in [-0.2, 0) is 11.3 Å². The van der Waals surface area contributed by atoms with Crippen molar-refractivity contribution in [3.05, 3.63) is 17.0 Å². The summed E-state index contributed by atoms with van der Waals surface area (Å²) in [6, 6.07) is 0. The summed E-state index contributed by atoms with van der Waals surface area (Å²) in [4.78, 5) is 10.9. The van der Waals surface area contributed by atoms with Gasteiger partial charge in [0.2, 0.25) is 5.91 Å². The van der Waals surface area contributed by atoms with Gasteiger partial charge in [-0.3, -0.25) is 4.79 Å². The predicted octanol–water partition coefficient (Wildman–Crippen LogP) is 1.04. The molecule has 5 nitrogen and oxygen atoms in total. The number of nitrogens with one attached hydrogen (secondary N) is 1. The van der Waals surface area contributed by atoms with E-state index in [1.54, 1.807) is 0 Å². The van der Waals surface area contributed by atoms with E-state index in [9.17, 15) is 4.79 Å². The van der Waals surface area contributed by atoms with Crippen LogP contribution in [0.3, 0.4) is 0 Å². The van der Waals surface area contributed by atoms with E-state index >= 15 is 0 Å². The number of nitrogens with two attached hydrogens (primary N) is 1. The van der Waals surface area contributed by atoms with Gasteiger partial charge in [-0.15, -0.1) is 0 Å². The Morgan fingerprint density at radius 2 is 2.12 bits per heavy atom. The minimum Gasteiger partial charge on any atom is -0.370 e. The smallest absolute Gasteiger partial charge is 0.219 e. The van der Waals surface area contributed by atoms with Gasteiger partial charge in [0.25, 0.3) is 0 Å². The molecule has 1 rings (SSSR count). The zero-order chi connectivity index (χ0) is 12.3. The van der Waals surface area contributed by atoms with Gasteiger partial charge in [-0.25, -0.2) is 0 Å². The van der Waals surface area contributed by atoms with Gasteiger partial charge in [0.05, 0.1) is 5.69 Å². The van der Waals surface area contributed by atoms with Gasteiger partial charge < -0.3 is 15.6 Å². The van der Waals surface area contributed by atoms with Crippen molar-refractivity contribution in [3.63, 3.8) is 0 Å². The van der Waals surface area contributed by atoms with Crippen molar-refractivity contribution in [1.29, 1.82) is 0 Å². The number of carbonyl (C=O) groups is 1. The van der Waals surface area contributed by atoms with Crippen molar-refractivity contribution >= 4 is 5.91 Å². The number of aryl methyl sites for hydroxylation is 2. The first kappa shape index (κ1) is 12.7. The number of hydrogen-bond acceptors (Lipinski definition) is 4. The van der Waals surface area contributed by atoms with Crippen LogP contribution in [0.2, 0.25) is 0 Å². The molecule has 0 aromatic carbocycles. The molecule has 0 aliphatic rings. The molecule has 5 heteroatoms. The number of primary amides is 1. The molecule has 1 aromatic rings. The molecule has 1 amide bonds. The zero-order valence-electron chi connectivity index (χ0n) is 10.3. The van der Waals surface area contributed by atoms with Gasteiger partial charge in [0.1, 0.15) is 5.76 Å². The van der Waals surface area contributed by atoms with Crippen molar-refractivity contribution < 1.29 is 9.32 Å². The lowest BCUT2D eigenvalue weighted by atomic mass is 9.99. The summed E-state index contributed by atoms with van der Waals surface area (Å²) >= 11 is 0. The highest BCUT2D eigenvalue weighted by molar-refractivity contribution is 5.74. The minimum absolute atomic E-state index is 0.302. The lowest BCUT2D eigenvalue weighted by molar-refractivity contribution is -0.119. The van der Waals surface area contributed by atoms with Gasteiger partial charge in [0.15, 0.2) is 0 Å². The number of hydrogen-bond donors (Lipinski definition) is 2. The summed E-state index contributed by atoms with van der Waals surface area (Å²) in [5, 5.41) is 7.14. The fourth-order valence-corrected chi connectivity index (χ4v) is 1.58. The Hall–Kier alpha value is -1.36. The highest BCUT2D eigenvalue weighted by Crippen LogP contribution is 2.14. The van der Waals surface area contributed by atoms with Crippen LogP contribution in [0.15, 0.2) is 4.52 Å². The number of rotatable bonds is 5. The molecule has 0 radical (unpaired) electrons. The fourth-order valence-electron chi connectivity index (χ4n) is 1.58. The molecule has 1 heterocycles. The van der Waals surface area contributed by atoms with Crippen LogP contribution in [0, 0.1) is 13.8 Å². The van der Waals surface area contributed by atoms with Crippen LogP contribution >= 0.6 is 0 Å². The maximum Gasteiger partial charge on any atom is 0.219 e. The molecule has 0 fully saturated rings. The van der Waals surface area contributed by atoms with Crippen LogP contribution in [-0.4, -0.2) is 16.6 Å². The molecule has 0 saturated heterocycles. The van der Waals surface area contributed by atoms with Gasteiger partial charge in [-0.05, 0) is 27.7 Å². The minimum atomic E-state index is -0.317. The molecular formula is C11H19N3O2. The lowest BCUT2D eigenvalue weighted by Crippen LogP contribution is -2.42. The maximum atomic E-state index is 10.9. The third-order valence-corrected chi connectivity index (χ3v) is 2.54. The van der Waals surface area contributed by atoms with E-state index in [4.69, 9.17) is 10.3 Å². The summed E-state index contributed by atoms with van der Waals surface area (Å²) in [6.45, 7) is 8.28. The normalized spacial score (nSPS) is 11.8. The average Bonchev–Trinajstić information content (AvgIpc) is 2.41. The molecule has 0 unspecified atom stereocenters. The lowest BCUT2D eigenvalue weighted by Gasteiger charge is -2.24. The van der Waals surface area contributed by atoms with E-state index in [1.807, 2.05) is 27.7 Å². The average molecular weight is 225 g/mol. The van der Waals surface area contributed by atoms with Crippen LogP contribution in [0.5, 0.6) is 0 Å². The van der Waals surface area contributed by atoms with Crippen molar-refractivity contribution in [2.45, 2.75) is 46.2 Å². The molecule has 0 aliphatic heterocycles. The molecule has 0 saturated carbocycles. The molecule has 0 aliphatic carbocycles. The van der Waals surface area contributed by atoms with Crippen molar-refractivity contribution in [2.24, 2.45) is 5.73 Å². The molecule has 0 bridgehead atoms. The molecule has 0 atom stereocenters. The van der Waals surface area contributed by atoms with Gasteiger partial charge in [0, 0.05) is 24.1 Å². The first-order chi connectivity index (χ1) is 7.32. The Bertz CT molecular complexity index is 363. The number of amides is 1. The Morgan fingerprint density at radius 3 is 2.56 bits per heavy atom. The Balaban J connectivity index is 2.60. The maximum absolute atomic E-state index is 10.9. The zero-order valence-corrected chi connectivity index (χ0v) is 10.3. The van der Waals surface area contributed by atoms with E-state index in [0.29, 0.717) is 13.0 Å². The predicted molar refractivity (Wildman–Crippen MR) is 60.7 cm³/mol. The van der Waals surface area contributed by atoms with Gasteiger partial charge >= 0.3 is 0 Å². The van der Waals surface area contributed by atoms with Crippen LogP contribution in [0.25, 0.3) is 0 Å². The van der Waals surface area contributed by atoms with Gasteiger partial charge in [-0.1, -0.05) is 5.16 Å². The topological polar surface area (TPSA) is 81.2 Å². The molecule has 0 spiro atoms. The summed E-state index contributed by atoms with van der Waals surface area (Å²) < 4.78 is 5.06. The summed E-state index contributed by atoms with van der Waals surface area (Å²) in [7, 11) is 0. The van der Waals surface area contributed by atoms with E-state index in [0.717, 1.165) is 17.0 Å². The number of nitrogens with zero attached hydrogens (tertiary/aromatic N) is 1. The summed E-state index contributed by atoms with van der Waals surface area (Å²) in [6.07, 6.45) is 0.302. The Kier molecular flexibility index (Phi) is 3.70. The first-order valence-corrected chi connectivity index (χ1v) is 5.27. The highest BCUT2D eigenvalue weighted by atomic mass is 16.5. The standard InChI is InChI=1S/C11H19N3O2/c1-7-9(8(2)16-14-7)6-13-11(3,4)5-10(12)15/h13H,5-6H2,1-4H3,(H2,12,15). The highest BCUT2D eigenvalue weighted by Gasteiger charge is 2.21. The third kappa shape index (κ3) is 3.34. The largest absolute Gasteiger partial charge is 0.370 e. The second-order valence-corrected chi connectivity index (χ2v) is 4.68.